The Morgan fingerprint density at radius 1 is 1.15 bits per heavy atom. The number of aromatic amines is 1. The fourth-order valence-electron chi connectivity index (χ4n) is 9.05. The molecule has 2 saturated heterocycles. The molecule has 1 amide bonds. The molecule has 7 rings (SSSR count). The van der Waals surface area contributed by atoms with E-state index in [2.05, 4.69) is 49.3 Å². The van der Waals surface area contributed by atoms with Gasteiger partial charge in [0.05, 0.1) is 11.7 Å². The average Bonchev–Trinajstić information content (AvgIpc) is 3.21. The Balaban J connectivity index is 1.34. The quantitative estimate of drug-likeness (QED) is 0.303. The van der Waals surface area contributed by atoms with Gasteiger partial charge in [0, 0.05) is 47.3 Å². The molecule has 3 heterocycles. The van der Waals surface area contributed by atoms with Gasteiger partial charge in [0.25, 0.3) is 0 Å². The number of ether oxygens (including phenoxy) is 1. The van der Waals surface area contributed by atoms with Gasteiger partial charge in [0.15, 0.2) is 5.76 Å². The molecule has 204 valence electrons. The molecule has 7 heteroatoms. The second-order valence-electron chi connectivity index (χ2n) is 12.9. The monoisotopic (exact) mass is 528 g/mol. The van der Waals surface area contributed by atoms with Crippen molar-refractivity contribution in [3.63, 3.8) is 0 Å². The van der Waals surface area contributed by atoms with Crippen LogP contribution in [0.2, 0.25) is 0 Å². The Hall–Kier alpha value is -3.19. The van der Waals surface area contributed by atoms with E-state index in [9.17, 15) is 19.5 Å². The number of carbonyl (C=O) groups excluding carboxylic acids is 3. The van der Waals surface area contributed by atoms with Crippen LogP contribution in [-0.4, -0.2) is 45.3 Å². The summed E-state index contributed by atoms with van der Waals surface area (Å²) >= 11 is 0. The smallest absolute Gasteiger partial charge is 0.235 e. The van der Waals surface area contributed by atoms with Crippen molar-refractivity contribution in [3.8, 4) is 0 Å². The van der Waals surface area contributed by atoms with Crippen LogP contribution in [-0.2, 0) is 25.5 Å². The molecule has 1 aromatic carbocycles. The topological polar surface area (TPSA) is 112 Å². The highest BCUT2D eigenvalue weighted by atomic mass is 16.6. The number of H-pyrrole nitrogens is 1. The van der Waals surface area contributed by atoms with E-state index in [1.807, 2.05) is 24.4 Å². The first kappa shape index (κ1) is 24.8. The summed E-state index contributed by atoms with van der Waals surface area (Å²) in [5, 5.41) is 15.0. The van der Waals surface area contributed by atoms with E-state index in [0.29, 0.717) is 18.4 Å². The Morgan fingerprint density at radius 3 is 2.72 bits per heavy atom. The summed E-state index contributed by atoms with van der Waals surface area (Å²) in [6.45, 7) is 8.09. The predicted octanol–water partition coefficient (Wildman–Crippen LogP) is 4.44. The van der Waals surface area contributed by atoms with Crippen LogP contribution < -0.4 is 5.32 Å². The molecule has 2 aromatic rings. The number of nitrogens with one attached hydrogen (secondary N) is 2. The van der Waals surface area contributed by atoms with Gasteiger partial charge in [-0.25, -0.2) is 0 Å². The Kier molecular flexibility index (Phi) is 5.20. The number of epoxide rings is 1. The summed E-state index contributed by atoms with van der Waals surface area (Å²) in [5.74, 6) is -2.51. The average molecular weight is 529 g/mol. The molecule has 3 N–H and O–H groups in total. The normalized spacial score (nSPS) is 43.9. The van der Waals surface area contributed by atoms with Crippen molar-refractivity contribution in [3.05, 3.63) is 59.5 Å². The van der Waals surface area contributed by atoms with E-state index in [4.69, 9.17) is 4.74 Å². The minimum Gasteiger partial charge on any atom is -0.504 e. The number of allylic oxidation sites excluding steroid dienone is 3. The first-order chi connectivity index (χ1) is 18.6. The molecular weight excluding hydrogens is 492 g/mol. The summed E-state index contributed by atoms with van der Waals surface area (Å²) < 4.78 is 6.36. The number of Topliss-reactive ketones (excluding diaryl/α,β-unsaturated/α-hetero) is 2. The lowest BCUT2D eigenvalue weighted by molar-refractivity contribution is -0.150. The van der Waals surface area contributed by atoms with Crippen LogP contribution in [0.15, 0.2) is 53.9 Å². The molecule has 7 nitrogen and oxygen atoms in total. The number of fused-ring (bicyclic) bond motifs is 4. The number of hydrogen-bond donors (Lipinski definition) is 3. The lowest BCUT2D eigenvalue weighted by atomic mass is 9.50. The predicted molar refractivity (Wildman–Crippen MR) is 146 cm³/mol. The number of aliphatic hydroxyl groups excluding tert-OH is 1. The molecule has 2 aliphatic heterocycles. The third-order valence-corrected chi connectivity index (χ3v) is 11.2. The standard InChI is InChI=1S/C32H36N2O5/c1-15-8-7-10-21-29-31(4,39-29)17(3)26-23(12-18-14-33-22-11-6-5-9-19(18)22)34-30(38)32(21,26)24(35)13-20-25(15)16(2)27(36)28(20)37/h5-7,9-11,14-15,17,20-21,23,25-26,29,33,36H,8,12-13H2,1-4H3,(H,34,38)/b10-7-/t15-,17-,20+,21-,23-,25-,26-,29-,31+,32+/m0/s1. The number of benzene rings is 1. The number of hydrogen-bond acceptors (Lipinski definition) is 5. The number of para-hydroxylation sites is 1. The molecule has 1 saturated carbocycles. The lowest BCUT2D eigenvalue weighted by Gasteiger charge is -2.46. The molecule has 3 aliphatic carbocycles. The summed E-state index contributed by atoms with van der Waals surface area (Å²) in [7, 11) is 0. The SMILES string of the molecule is CC1=C(O)C(=O)[C@@H]2CC(=O)[C@@]34C(=O)N[C@@H](Cc5c[nH]c6ccccc56)[C@@H]3[C@H](C)[C@@]3(C)O[C@H]3[C@@H]4/C=C\C[C@H](C)[C@@H]12. The molecule has 39 heavy (non-hydrogen) atoms. The van der Waals surface area contributed by atoms with Gasteiger partial charge >= 0.3 is 0 Å². The minimum absolute atomic E-state index is 0.0422. The van der Waals surface area contributed by atoms with Crippen LogP contribution in [0.1, 0.15) is 46.1 Å². The summed E-state index contributed by atoms with van der Waals surface area (Å²) in [4.78, 5) is 45.5. The van der Waals surface area contributed by atoms with Crippen molar-refractivity contribution in [1.29, 1.82) is 0 Å². The van der Waals surface area contributed by atoms with Crippen molar-refractivity contribution in [2.24, 2.45) is 40.9 Å². The number of aromatic nitrogens is 1. The molecule has 10 atom stereocenters. The number of aliphatic hydroxyl groups is 1. The largest absolute Gasteiger partial charge is 0.504 e. The highest BCUT2D eigenvalue weighted by Crippen LogP contribution is 2.66. The molecule has 1 spiro atoms. The highest BCUT2D eigenvalue weighted by Gasteiger charge is 2.78. The first-order valence-electron chi connectivity index (χ1n) is 14.3. The number of ketones is 2. The van der Waals surface area contributed by atoms with Crippen molar-refractivity contribution in [1.82, 2.24) is 10.3 Å². The maximum absolute atomic E-state index is 14.7. The molecule has 0 unspecified atom stereocenters. The third kappa shape index (κ3) is 3.11. The van der Waals surface area contributed by atoms with Gasteiger partial charge in [-0.1, -0.05) is 44.2 Å². The van der Waals surface area contributed by atoms with Gasteiger partial charge < -0.3 is 20.1 Å². The minimum atomic E-state index is -1.31. The van der Waals surface area contributed by atoms with Crippen LogP contribution in [0, 0.1) is 40.9 Å². The molecule has 5 aliphatic rings. The maximum atomic E-state index is 14.7. The van der Waals surface area contributed by atoms with Crippen molar-refractivity contribution in [2.75, 3.05) is 0 Å². The zero-order valence-electron chi connectivity index (χ0n) is 22.9. The van der Waals surface area contributed by atoms with Crippen LogP contribution >= 0.6 is 0 Å². The fraction of sp³-hybridized carbons (Fsp3) is 0.531. The Morgan fingerprint density at radius 2 is 1.92 bits per heavy atom. The second-order valence-corrected chi connectivity index (χ2v) is 12.9. The third-order valence-electron chi connectivity index (χ3n) is 11.2. The molecule has 3 fully saturated rings. The van der Waals surface area contributed by atoms with Crippen molar-refractivity contribution >= 4 is 28.4 Å². The van der Waals surface area contributed by atoms with Crippen LogP contribution in [0.4, 0.5) is 0 Å². The number of amides is 1. The second kappa shape index (κ2) is 8.17. The van der Waals surface area contributed by atoms with E-state index in [1.54, 1.807) is 6.92 Å². The van der Waals surface area contributed by atoms with Crippen molar-refractivity contribution < 1.29 is 24.2 Å². The zero-order chi connectivity index (χ0) is 27.4. The highest BCUT2D eigenvalue weighted by molar-refractivity contribution is 6.11. The number of carbonyl (C=O) groups is 3. The fourth-order valence-corrected chi connectivity index (χ4v) is 9.05. The lowest BCUT2D eigenvalue weighted by Crippen LogP contribution is -2.58. The maximum Gasteiger partial charge on any atom is 0.235 e. The van der Waals surface area contributed by atoms with E-state index < -0.39 is 22.9 Å². The molecule has 0 radical (unpaired) electrons. The van der Waals surface area contributed by atoms with E-state index in [1.165, 1.54) is 0 Å². The van der Waals surface area contributed by atoms with Gasteiger partial charge in [-0.15, -0.1) is 0 Å². The van der Waals surface area contributed by atoms with Gasteiger partial charge in [-0.3, -0.25) is 14.4 Å². The van der Waals surface area contributed by atoms with Crippen LogP contribution in [0.3, 0.4) is 0 Å². The summed E-state index contributed by atoms with van der Waals surface area (Å²) in [5.41, 5.74) is 1.08. The summed E-state index contributed by atoms with van der Waals surface area (Å²) in [6, 6.07) is 7.86. The van der Waals surface area contributed by atoms with Crippen LogP contribution in [0.5, 0.6) is 0 Å². The van der Waals surface area contributed by atoms with E-state index in [-0.39, 0.29) is 65.5 Å². The van der Waals surface area contributed by atoms with Gasteiger partial charge in [0.2, 0.25) is 11.7 Å². The summed E-state index contributed by atoms with van der Waals surface area (Å²) in [6.07, 6.45) is 7.17. The van der Waals surface area contributed by atoms with Gasteiger partial charge in [-0.05, 0) is 61.6 Å². The van der Waals surface area contributed by atoms with Crippen molar-refractivity contribution in [2.45, 2.75) is 64.7 Å². The van der Waals surface area contributed by atoms with Gasteiger partial charge in [0.1, 0.15) is 11.2 Å². The van der Waals surface area contributed by atoms with E-state index >= 15 is 0 Å². The Labute approximate surface area is 228 Å². The molecule has 1 aromatic heterocycles. The van der Waals surface area contributed by atoms with Gasteiger partial charge in [-0.2, -0.15) is 0 Å². The molecular formula is C32H36N2O5. The molecule has 0 bridgehead atoms. The number of rotatable bonds is 2. The zero-order valence-corrected chi connectivity index (χ0v) is 22.9. The van der Waals surface area contributed by atoms with Crippen LogP contribution in [0.25, 0.3) is 10.9 Å². The Bertz CT molecular complexity index is 1490. The van der Waals surface area contributed by atoms with E-state index in [0.717, 1.165) is 16.5 Å². The first-order valence-corrected chi connectivity index (χ1v) is 14.3.